The average molecular weight is 442 g/mol. The summed E-state index contributed by atoms with van der Waals surface area (Å²) >= 11 is 0. The topological polar surface area (TPSA) is 77.9 Å². The van der Waals surface area contributed by atoms with Gasteiger partial charge in [-0.15, -0.1) is 0 Å². The zero-order chi connectivity index (χ0) is 23.4. The van der Waals surface area contributed by atoms with Crippen LogP contribution in [-0.2, 0) is 11.3 Å². The predicted octanol–water partition coefficient (Wildman–Crippen LogP) is 5.28. The predicted molar refractivity (Wildman–Crippen MR) is 131 cm³/mol. The quantitative estimate of drug-likeness (QED) is 0.302. The minimum atomic E-state index is -0.398. The van der Waals surface area contributed by atoms with Crippen molar-refractivity contribution in [2.45, 2.75) is 13.5 Å². The van der Waals surface area contributed by atoms with Crippen LogP contribution in [0.2, 0.25) is 0 Å². The molecule has 0 fully saturated rings. The Labute approximate surface area is 193 Å². The van der Waals surface area contributed by atoms with Gasteiger partial charge in [0.15, 0.2) is 5.88 Å². The second kappa shape index (κ2) is 9.71. The van der Waals surface area contributed by atoms with Gasteiger partial charge in [0.05, 0.1) is 29.1 Å². The summed E-state index contributed by atoms with van der Waals surface area (Å²) in [4.78, 5) is 22.2. The maximum Gasteiger partial charge on any atom is 0.338 e. The number of hydrogen-bond donors (Lipinski definition) is 2. The number of aromatic nitrogens is 1. The van der Waals surface area contributed by atoms with Crippen LogP contribution in [0.3, 0.4) is 0 Å². The molecule has 3 aromatic carbocycles. The van der Waals surface area contributed by atoms with Crippen molar-refractivity contribution >= 4 is 28.3 Å². The number of fused-ring (bicyclic) bond motifs is 1. The van der Waals surface area contributed by atoms with Crippen molar-refractivity contribution in [2.24, 2.45) is 4.99 Å². The van der Waals surface area contributed by atoms with Crippen LogP contribution in [-0.4, -0.2) is 47.4 Å². The van der Waals surface area contributed by atoms with Crippen LogP contribution in [0.25, 0.3) is 10.9 Å². The second-order valence-electron chi connectivity index (χ2n) is 8.06. The summed E-state index contributed by atoms with van der Waals surface area (Å²) in [7, 11) is 4.06. The van der Waals surface area contributed by atoms with Crippen LogP contribution in [0.15, 0.2) is 77.8 Å². The Balaban J connectivity index is 1.86. The highest BCUT2D eigenvalue weighted by Crippen LogP contribution is 2.32. The molecule has 0 atom stereocenters. The number of benzene rings is 3. The number of carbonyl (C=O) groups is 1. The van der Waals surface area contributed by atoms with Gasteiger partial charge < -0.3 is 19.7 Å². The molecule has 0 saturated heterocycles. The van der Waals surface area contributed by atoms with E-state index in [1.807, 2.05) is 68.7 Å². The summed E-state index contributed by atoms with van der Waals surface area (Å²) in [5.74, 6) is -0.400. The number of aromatic hydroxyl groups is 1. The molecular formula is C27H27N3O3. The molecule has 6 nitrogen and oxygen atoms in total. The molecule has 0 amide bonds. The smallest absolute Gasteiger partial charge is 0.338 e. The number of ether oxygens (including phenoxy) is 1. The van der Waals surface area contributed by atoms with Crippen LogP contribution in [0, 0.1) is 0 Å². The largest absolute Gasteiger partial charge is 0.494 e. The van der Waals surface area contributed by atoms with E-state index in [9.17, 15) is 9.90 Å². The molecule has 1 aromatic heterocycles. The molecule has 0 aliphatic carbocycles. The Bertz CT molecular complexity index is 1310. The lowest BCUT2D eigenvalue weighted by molar-refractivity contribution is 0.0526. The van der Waals surface area contributed by atoms with Gasteiger partial charge in [0.1, 0.15) is 0 Å². The van der Waals surface area contributed by atoms with E-state index in [2.05, 4.69) is 16.0 Å². The first-order valence-electron chi connectivity index (χ1n) is 10.9. The molecule has 4 aromatic rings. The highest BCUT2D eigenvalue weighted by molar-refractivity contribution is 6.22. The molecule has 0 saturated carbocycles. The lowest BCUT2D eigenvalue weighted by atomic mass is 10.00. The second-order valence-corrected chi connectivity index (χ2v) is 8.06. The highest BCUT2D eigenvalue weighted by Gasteiger charge is 2.20. The summed E-state index contributed by atoms with van der Waals surface area (Å²) in [5.41, 5.74) is 5.11. The first-order chi connectivity index (χ1) is 16.0. The van der Waals surface area contributed by atoms with E-state index in [-0.39, 0.29) is 5.88 Å². The lowest BCUT2D eigenvalue weighted by Gasteiger charge is -2.11. The Hall–Kier alpha value is -3.90. The Morgan fingerprint density at radius 3 is 2.52 bits per heavy atom. The molecule has 168 valence electrons. The zero-order valence-electron chi connectivity index (χ0n) is 19.0. The van der Waals surface area contributed by atoms with Crippen LogP contribution in [0.5, 0.6) is 5.88 Å². The molecule has 0 radical (unpaired) electrons. The Kier molecular flexibility index (Phi) is 6.56. The van der Waals surface area contributed by atoms with Gasteiger partial charge >= 0.3 is 5.97 Å². The van der Waals surface area contributed by atoms with Crippen molar-refractivity contribution in [1.29, 1.82) is 0 Å². The Morgan fingerprint density at radius 1 is 1.00 bits per heavy atom. The van der Waals surface area contributed by atoms with Crippen molar-refractivity contribution < 1.29 is 14.6 Å². The molecule has 2 N–H and O–H groups in total. The molecular weight excluding hydrogens is 414 g/mol. The van der Waals surface area contributed by atoms with Crippen LogP contribution in [0.1, 0.15) is 34.0 Å². The van der Waals surface area contributed by atoms with Gasteiger partial charge in [-0.3, -0.25) is 0 Å². The number of carbonyl (C=O) groups excluding carboxylic acids is 1. The van der Waals surface area contributed by atoms with Crippen LogP contribution in [0.4, 0.5) is 5.69 Å². The minimum Gasteiger partial charge on any atom is -0.494 e. The number of H-pyrrole nitrogens is 1. The van der Waals surface area contributed by atoms with Crippen molar-refractivity contribution in [1.82, 2.24) is 9.88 Å². The monoisotopic (exact) mass is 441 g/mol. The van der Waals surface area contributed by atoms with Crippen molar-refractivity contribution in [3.05, 3.63) is 95.1 Å². The molecule has 0 unspecified atom stereocenters. The number of hydrogen-bond acceptors (Lipinski definition) is 5. The fraction of sp³-hybridized carbons (Fsp3) is 0.185. The molecule has 33 heavy (non-hydrogen) atoms. The van der Waals surface area contributed by atoms with E-state index < -0.39 is 5.97 Å². The van der Waals surface area contributed by atoms with Crippen molar-refractivity contribution in [3.63, 3.8) is 0 Å². The van der Waals surface area contributed by atoms with Crippen LogP contribution < -0.4 is 0 Å². The first kappa shape index (κ1) is 22.3. The van der Waals surface area contributed by atoms with Gasteiger partial charge in [0.2, 0.25) is 0 Å². The molecule has 0 aliphatic rings. The van der Waals surface area contributed by atoms with Gasteiger partial charge in [0, 0.05) is 23.0 Å². The average Bonchev–Trinajstić information content (AvgIpc) is 3.12. The number of nitrogens with one attached hydrogen (secondary N) is 1. The summed E-state index contributed by atoms with van der Waals surface area (Å²) in [6.45, 7) is 2.87. The van der Waals surface area contributed by atoms with Gasteiger partial charge in [-0.25, -0.2) is 9.79 Å². The highest BCUT2D eigenvalue weighted by atomic mass is 16.5. The van der Waals surface area contributed by atoms with Crippen molar-refractivity contribution in [3.8, 4) is 5.88 Å². The van der Waals surface area contributed by atoms with E-state index in [4.69, 9.17) is 9.73 Å². The number of aliphatic imine (C=N–C) groups is 1. The van der Waals surface area contributed by atoms with E-state index in [0.717, 1.165) is 28.7 Å². The zero-order valence-corrected chi connectivity index (χ0v) is 19.0. The molecule has 6 heteroatoms. The van der Waals surface area contributed by atoms with E-state index in [1.165, 1.54) is 0 Å². The number of rotatable bonds is 7. The van der Waals surface area contributed by atoms with Gasteiger partial charge in [-0.1, -0.05) is 48.5 Å². The Morgan fingerprint density at radius 2 is 1.79 bits per heavy atom. The maximum absolute atomic E-state index is 12.2. The van der Waals surface area contributed by atoms with Crippen molar-refractivity contribution in [2.75, 3.05) is 20.7 Å². The lowest BCUT2D eigenvalue weighted by Crippen LogP contribution is -2.10. The summed E-state index contributed by atoms with van der Waals surface area (Å²) in [6.07, 6.45) is 0. The standard InChI is InChI=1S/C27H27N3O3/c1-4-33-27(32)20-13-14-22-23(16-20)29-26(31)24(22)25(19-10-6-5-7-11-19)28-21-12-8-9-18(15-21)17-30(2)3/h5-16,29,31H,4,17H2,1-3H3. The van der Waals surface area contributed by atoms with E-state index in [1.54, 1.807) is 19.1 Å². The number of nitrogens with zero attached hydrogens (tertiary/aromatic N) is 2. The SMILES string of the molecule is CCOC(=O)c1ccc2c(C(=Nc3cccc(CN(C)C)c3)c3ccccc3)c(O)[nH]c2c1. The van der Waals surface area contributed by atoms with Gasteiger partial charge in [-0.2, -0.15) is 0 Å². The summed E-state index contributed by atoms with van der Waals surface area (Å²) < 4.78 is 5.11. The fourth-order valence-corrected chi connectivity index (χ4v) is 3.84. The first-order valence-corrected chi connectivity index (χ1v) is 10.9. The van der Waals surface area contributed by atoms with E-state index >= 15 is 0 Å². The third-order valence-corrected chi connectivity index (χ3v) is 5.22. The third-order valence-electron chi connectivity index (χ3n) is 5.22. The number of aromatic amines is 1. The molecule has 0 aliphatic heterocycles. The van der Waals surface area contributed by atoms with Gasteiger partial charge in [-0.05, 0) is 50.8 Å². The normalized spacial score (nSPS) is 11.8. The fourth-order valence-electron chi connectivity index (χ4n) is 3.84. The van der Waals surface area contributed by atoms with E-state index in [0.29, 0.717) is 29.0 Å². The summed E-state index contributed by atoms with van der Waals surface area (Å²) in [5, 5.41) is 11.7. The molecule has 0 spiro atoms. The third kappa shape index (κ3) is 4.96. The molecule has 4 rings (SSSR count). The molecule has 1 heterocycles. The van der Waals surface area contributed by atoms with Gasteiger partial charge in [0.25, 0.3) is 0 Å². The maximum atomic E-state index is 12.2. The summed E-state index contributed by atoms with van der Waals surface area (Å²) in [6, 6.07) is 23.0. The molecule has 0 bridgehead atoms. The minimum absolute atomic E-state index is 0.00180. The van der Waals surface area contributed by atoms with Crippen LogP contribution >= 0.6 is 0 Å². The number of esters is 1.